The average molecular weight is 407 g/mol. The quantitative estimate of drug-likeness (QED) is 0.375. The molecule has 0 radical (unpaired) electrons. The smallest absolute Gasteiger partial charge is 0.188 e. The Morgan fingerprint density at radius 1 is 0.900 bits per heavy atom. The molecule has 0 saturated heterocycles. The van der Waals surface area contributed by atoms with Gasteiger partial charge in [0.2, 0.25) is 0 Å². The summed E-state index contributed by atoms with van der Waals surface area (Å²) in [6.45, 7) is 5.42. The largest absolute Gasteiger partial charge is 0.467 e. The Morgan fingerprint density at radius 3 is 2.33 bits per heavy atom. The Bertz CT molecular complexity index is 920. The van der Waals surface area contributed by atoms with Crippen LogP contribution >= 0.6 is 0 Å². The number of hydrogen-bond donors (Lipinski definition) is 1. The molecule has 3 aromatic rings. The lowest BCUT2D eigenvalue weighted by Crippen LogP contribution is -2.09. The van der Waals surface area contributed by atoms with E-state index in [4.69, 9.17) is 14.2 Å². The molecule has 1 unspecified atom stereocenters. The third kappa shape index (κ3) is 5.92. The molecule has 4 nitrogen and oxygen atoms in total. The van der Waals surface area contributed by atoms with Crippen molar-refractivity contribution in [2.24, 2.45) is 0 Å². The Hall–Kier alpha value is -2.66. The van der Waals surface area contributed by atoms with Crippen molar-refractivity contribution < 1.29 is 19.3 Å². The van der Waals surface area contributed by atoms with Crippen LogP contribution in [0.2, 0.25) is 0 Å². The van der Waals surface area contributed by atoms with Gasteiger partial charge in [0.15, 0.2) is 6.79 Å². The predicted octanol–water partition coefficient (Wildman–Crippen LogP) is 5.13. The Balaban J connectivity index is 1.63. The highest BCUT2D eigenvalue weighted by Gasteiger charge is 2.19. The molecule has 1 N–H and O–H groups in total. The lowest BCUT2D eigenvalue weighted by atomic mass is 9.94. The Labute approximate surface area is 179 Å². The molecule has 3 rings (SSSR count). The summed E-state index contributed by atoms with van der Waals surface area (Å²) in [6, 6.07) is 22.2. The van der Waals surface area contributed by atoms with Crippen molar-refractivity contribution in [1.29, 1.82) is 0 Å². The van der Waals surface area contributed by atoms with Gasteiger partial charge in [-0.2, -0.15) is 0 Å². The first-order valence-electron chi connectivity index (χ1n) is 10.2. The SMILES string of the molecule is COCOc1cc(C)cc(C)c1C(O)c1ccc(CCOCc2ccccc2)cc1. The van der Waals surface area contributed by atoms with E-state index in [1.54, 1.807) is 7.11 Å². The molecule has 0 bridgehead atoms. The van der Waals surface area contributed by atoms with Gasteiger partial charge in [-0.05, 0) is 54.2 Å². The second kappa shape index (κ2) is 10.9. The maximum Gasteiger partial charge on any atom is 0.188 e. The van der Waals surface area contributed by atoms with Crippen molar-refractivity contribution in [2.75, 3.05) is 20.5 Å². The third-order valence-corrected chi connectivity index (χ3v) is 5.04. The first-order chi connectivity index (χ1) is 14.6. The lowest BCUT2D eigenvalue weighted by Gasteiger charge is -2.20. The second-order valence-corrected chi connectivity index (χ2v) is 7.48. The van der Waals surface area contributed by atoms with Gasteiger partial charge in [0.25, 0.3) is 0 Å². The molecule has 0 aliphatic heterocycles. The number of ether oxygens (including phenoxy) is 3. The standard InChI is InChI=1S/C26H30O4/c1-19-15-20(2)25(24(16-19)30-18-28-3)26(27)23-11-9-21(10-12-23)13-14-29-17-22-7-5-4-6-8-22/h4-12,15-16,26-27H,13-14,17-18H2,1-3H3. The summed E-state index contributed by atoms with van der Waals surface area (Å²) in [7, 11) is 1.58. The van der Waals surface area contributed by atoms with Crippen molar-refractivity contribution in [3.63, 3.8) is 0 Å². The first kappa shape index (κ1) is 22.0. The number of hydrogen-bond acceptors (Lipinski definition) is 4. The van der Waals surface area contributed by atoms with Crippen LogP contribution in [0.4, 0.5) is 0 Å². The van der Waals surface area contributed by atoms with Crippen LogP contribution in [0, 0.1) is 13.8 Å². The highest BCUT2D eigenvalue weighted by molar-refractivity contribution is 5.48. The molecule has 0 fully saturated rings. The predicted molar refractivity (Wildman–Crippen MR) is 119 cm³/mol. The Morgan fingerprint density at radius 2 is 1.63 bits per heavy atom. The van der Waals surface area contributed by atoms with Crippen molar-refractivity contribution in [1.82, 2.24) is 0 Å². The first-order valence-corrected chi connectivity index (χ1v) is 10.2. The normalized spacial score (nSPS) is 12.0. The van der Waals surface area contributed by atoms with Crippen molar-refractivity contribution in [3.8, 4) is 5.75 Å². The van der Waals surface area contributed by atoms with Gasteiger partial charge in [-0.15, -0.1) is 0 Å². The van der Waals surface area contributed by atoms with E-state index >= 15 is 0 Å². The van der Waals surface area contributed by atoms with Crippen LogP contribution in [0.5, 0.6) is 5.75 Å². The number of aryl methyl sites for hydroxylation is 2. The molecule has 3 aromatic carbocycles. The van der Waals surface area contributed by atoms with Crippen molar-refractivity contribution >= 4 is 0 Å². The average Bonchev–Trinajstić information content (AvgIpc) is 2.75. The number of benzene rings is 3. The van der Waals surface area contributed by atoms with E-state index < -0.39 is 6.10 Å². The molecule has 0 heterocycles. The third-order valence-electron chi connectivity index (χ3n) is 5.04. The van der Waals surface area contributed by atoms with E-state index in [9.17, 15) is 5.11 Å². The summed E-state index contributed by atoms with van der Waals surface area (Å²) < 4.78 is 16.5. The highest BCUT2D eigenvalue weighted by Crippen LogP contribution is 2.34. The van der Waals surface area contributed by atoms with E-state index in [-0.39, 0.29) is 6.79 Å². The summed E-state index contributed by atoms with van der Waals surface area (Å²) in [4.78, 5) is 0. The maximum absolute atomic E-state index is 11.0. The van der Waals surface area contributed by atoms with Gasteiger partial charge in [-0.3, -0.25) is 0 Å². The Kier molecular flexibility index (Phi) is 8.03. The van der Waals surface area contributed by atoms with Crippen molar-refractivity contribution in [2.45, 2.75) is 33.0 Å². The van der Waals surface area contributed by atoms with Crippen LogP contribution in [0.3, 0.4) is 0 Å². The van der Waals surface area contributed by atoms with Crippen LogP contribution < -0.4 is 4.74 Å². The van der Waals surface area contributed by atoms with Gasteiger partial charge in [0.1, 0.15) is 11.9 Å². The molecule has 4 heteroatoms. The second-order valence-electron chi connectivity index (χ2n) is 7.48. The van der Waals surface area contributed by atoms with E-state index in [1.165, 1.54) is 11.1 Å². The lowest BCUT2D eigenvalue weighted by molar-refractivity contribution is 0.0486. The molecule has 1 atom stereocenters. The van der Waals surface area contributed by atoms with E-state index in [1.807, 2.05) is 62.4 Å². The minimum Gasteiger partial charge on any atom is -0.467 e. The van der Waals surface area contributed by atoms with Gasteiger partial charge >= 0.3 is 0 Å². The molecule has 0 aliphatic rings. The van der Waals surface area contributed by atoms with Gasteiger partial charge in [-0.25, -0.2) is 0 Å². The van der Waals surface area contributed by atoms with Gasteiger partial charge in [0.05, 0.1) is 13.2 Å². The van der Waals surface area contributed by atoms with Gasteiger partial charge < -0.3 is 19.3 Å². The summed E-state index contributed by atoms with van der Waals surface area (Å²) in [5.41, 5.74) is 6.04. The van der Waals surface area contributed by atoms with E-state index in [0.29, 0.717) is 19.0 Å². The molecule has 30 heavy (non-hydrogen) atoms. The van der Waals surface area contributed by atoms with Gasteiger partial charge in [-0.1, -0.05) is 60.7 Å². The monoisotopic (exact) mass is 406 g/mol. The van der Waals surface area contributed by atoms with Gasteiger partial charge in [0, 0.05) is 12.7 Å². The molecule has 0 aromatic heterocycles. The molecule has 0 saturated carbocycles. The van der Waals surface area contributed by atoms with Crippen LogP contribution in [-0.4, -0.2) is 25.6 Å². The van der Waals surface area contributed by atoms with E-state index in [2.05, 4.69) is 18.2 Å². The van der Waals surface area contributed by atoms with Crippen LogP contribution in [0.1, 0.15) is 39.5 Å². The fourth-order valence-electron chi connectivity index (χ4n) is 3.52. The summed E-state index contributed by atoms with van der Waals surface area (Å²) in [6.07, 6.45) is 0.0652. The number of methoxy groups -OCH3 is 1. The number of aliphatic hydroxyl groups excluding tert-OH is 1. The fraction of sp³-hybridized carbons (Fsp3) is 0.308. The van der Waals surface area contributed by atoms with Crippen LogP contribution in [-0.2, 0) is 22.5 Å². The fourth-order valence-corrected chi connectivity index (χ4v) is 3.52. The molecule has 0 spiro atoms. The minimum atomic E-state index is -0.763. The van der Waals surface area contributed by atoms with Crippen molar-refractivity contribution in [3.05, 3.63) is 100 Å². The molecule has 158 valence electrons. The highest BCUT2D eigenvalue weighted by atomic mass is 16.7. The van der Waals surface area contributed by atoms with Crippen LogP contribution in [0.15, 0.2) is 66.7 Å². The zero-order valence-electron chi connectivity index (χ0n) is 17.9. The summed E-state index contributed by atoms with van der Waals surface area (Å²) in [5, 5.41) is 11.0. The zero-order valence-corrected chi connectivity index (χ0v) is 17.9. The van der Waals surface area contributed by atoms with Crippen LogP contribution in [0.25, 0.3) is 0 Å². The van der Waals surface area contributed by atoms with E-state index in [0.717, 1.165) is 28.7 Å². The molecule has 0 aliphatic carbocycles. The summed E-state index contributed by atoms with van der Waals surface area (Å²) in [5.74, 6) is 0.653. The zero-order chi connectivity index (χ0) is 21.3. The minimum absolute atomic E-state index is 0.143. The molecular formula is C26H30O4. The number of rotatable bonds is 10. The number of aliphatic hydroxyl groups is 1. The topological polar surface area (TPSA) is 47.9 Å². The molecule has 0 amide bonds. The summed E-state index contributed by atoms with van der Waals surface area (Å²) >= 11 is 0. The molecular weight excluding hydrogens is 376 g/mol. The maximum atomic E-state index is 11.0.